The zero-order chi connectivity index (χ0) is 21.1. The standard InChI is InChI=1S/C19H24N2O7/c1-10-15(17(24)28-19(2,3)4)16(21-18(25)20-10)11-6-7-12(13(8-11)26-5)27-9-14(22)23/h6-8,15-16H,1,9H2,2-5H3,(H,22,23)(H2,20,21,25)/p-1/t15-,16+/m1/s1. The lowest BCUT2D eigenvalue weighted by Crippen LogP contribution is -2.51. The van der Waals surface area contributed by atoms with Gasteiger partial charge in [-0.25, -0.2) is 4.79 Å². The second kappa shape index (κ2) is 8.20. The quantitative estimate of drug-likeness (QED) is 0.682. The van der Waals surface area contributed by atoms with Crippen LogP contribution in [0.3, 0.4) is 0 Å². The van der Waals surface area contributed by atoms with Crippen molar-refractivity contribution >= 4 is 18.0 Å². The number of benzene rings is 1. The van der Waals surface area contributed by atoms with Gasteiger partial charge in [0, 0.05) is 5.70 Å². The third-order valence-corrected chi connectivity index (χ3v) is 3.82. The van der Waals surface area contributed by atoms with Gasteiger partial charge in [-0.2, -0.15) is 0 Å². The molecule has 1 fully saturated rings. The van der Waals surface area contributed by atoms with Crippen molar-refractivity contribution < 1.29 is 33.7 Å². The molecule has 0 saturated carbocycles. The average Bonchev–Trinajstić information content (AvgIpc) is 2.57. The smallest absolute Gasteiger partial charge is 0.319 e. The molecule has 0 unspecified atom stereocenters. The number of rotatable bonds is 6. The summed E-state index contributed by atoms with van der Waals surface area (Å²) in [6.45, 7) is 8.36. The lowest BCUT2D eigenvalue weighted by molar-refractivity contribution is -0.307. The van der Waals surface area contributed by atoms with Crippen LogP contribution in [0.25, 0.3) is 0 Å². The van der Waals surface area contributed by atoms with Crippen molar-refractivity contribution in [2.75, 3.05) is 13.7 Å². The van der Waals surface area contributed by atoms with Gasteiger partial charge < -0.3 is 34.7 Å². The Hall–Kier alpha value is -3.23. The lowest BCUT2D eigenvalue weighted by Gasteiger charge is -2.35. The zero-order valence-electron chi connectivity index (χ0n) is 16.2. The van der Waals surface area contributed by atoms with E-state index >= 15 is 0 Å². The maximum Gasteiger partial charge on any atom is 0.319 e. The van der Waals surface area contributed by atoms with Crippen molar-refractivity contribution in [3.8, 4) is 11.5 Å². The average molecular weight is 391 g/mol. The Kier molecular flexibility index (Phi) is 6.17. The normalized spacial score (nSPS) is 19.3. The number of esters is 1. The number of ether oxygens (including phenoxy) is 3. The number of carbonyl (C=O) groups is 3. The zero-order valence-corrected chi connectivity index (χ0v) is 16.2. The van der Waals surface area contributed by atoms with E-state index in [2.05, 4.69) is 17.2 Å². The Morgan fingerprint density at radius 3 is 2.50 bits per heavy atom. The molecule has 1 aromatic rings. The van der Waals surface area contributed by atoms with E-state index in [9.17, 15) is 19.5 Å². The fourth-order valence-electron chi connectivity index (χ4n) is 2.74. The van der Waals surface area contributed by atoms with Gasteiger partial charge in [-0.15, -0.1) is 0 Å². The number of carbonyl (C=O) groups excluding carboxylic acids is 3. The highest BCUT2D eigenvalue weighted by Crippen LogP contribution is 2.36. The molecule has 1 heterocycles. The summed E-state index contributed by atoms with van der Waals surface area (Å²) in [4.78, 5) is 35.3. The van der Waals surface area contributed by atoms with Gasteiger partial charge >= 0.3 is 12.0 Å². The summed E-state index contributed by atoms with van der Waals surface area (Å²) >= 11 is 0. The summed E-state index contributed by atoms with van der Waals surface area (Å²) in [6, 6.07) is 3.35. The van der Waals surface area contributed by atoms with Crippen LogP contribution in [-0.2, 0) is 14.3 Å². The van der Waals surface area contributed by atoms with Gasteiger partial charge in [0.25, 0.3) is 0 Å². The maximum absolute atomic E-state index is 12.7. The molecule has 28 heavy (non-hydrogen) atoms. The molecule has 1 aliphatic rings. The van der Waals surface area contributed by atoms with Gasteiger partial charge in [0.15, 0.2) is 11.5 Å². The second-order valence-corrected chi connectivity index (χ2v) is 7.18. The van der Waals surface area contributed by atoms with Gasteiger partial charge in [0.2, 0.25) is 0 Å². The van der Waals surface area contributed by atoms with Gasteiger partial charge in [0.1, 0.15) is 18.1 Å². The topological polar surface area (TPSA) is 126 Å². The first-order valence-electron chi connectivity index (χ1n) is 8.51. The molecule has 0 aliphatic carbocycles. The van der Waals surface area contributed by atoms with Crippen LogP contribution < -0.4 is 25.2 Å². The molecule has 1 aliphatic heterocycles. The predicted molar refractivity (Wildman–Crippen MR) is 96.4 cm³/mol. The first-order valence-corrected chi connectivity index (χ1v) is 8.51. The molecular formula is C19H23N2O7-. The van der Waals surface area contributed by atoms with Crippen LogP contribution in [0.5, 0.6) is 11.5 Å². The Labute approximate surface area is 162 Å². The number of urea groups is 1. The molecule has 2 amide bonds. The van der Waals surface area contributed by atoms with E-state index in [-0.39, 0.29) is 17.2 Å². The molecule has 9 nitrogen and oxygen atoms in total. The SMILES string of the molecule is C=C1NC(=O)N[C@@H](c2ccc(OCC(=O)[O-])c(OC)c2)[C@@H]1C(=O)OC(C)(C)C. The highest BCUT2D eigenvalue weighted by atomic mass is 16.6. The van der Waals surface area contributed by atoms with Crippen molar-refractivity contribution in [1.29, 1.82) is 0 Å². The van der Waals surface area contributed by atoms with E-state index in [4.69, 9.17) is 14.2 Å². The molecule has 0 radical (unpaired) electrons. The molecular weight excluding hydrogens is 368 g/mol. The molecule has 0 spiro atoms. The van der Waals surface area contributed by atoms with E-state index in [0.717, 1.165) is 0 Å². The summed E-state index contributed by atoms with van der Waals surface area (Å²) in [7, 11) is 1.39. The van der Waals surface area contributed by atoms with Crippen LogP contribution in [0.1, 0.15) is 32.4 Å². The largest absolute Gasteiger partial charge is 0.546 e. The molecule has 2 N–H and O–H groups in total. The minimum atomic E-state index is -1.38. The Morgan fingerprint density at radius 1 is 1.25 bits per heavy atom. The van der Waals surface area contributed by atoms with E-state index in [1.165, 1.54) is 13.2 Å². The van der Waals surface area contributed by atoms with Crippen LogP contribution >= 0.6 is 0 Å². The summed E-state index contributed by atoms with van der Waals surface area (Å²) in [5.41, 5.74) is 0.0210. The van der Waals surface area contributed by atoms with Crippen molar-refractivity contribution in [1.82, 2.24) is 10.6 Å². The maximum atomic E-state index is 12.7. The summed E-state index contributed by atoms with van der Waals surface area (Å²) in [6.07, 6.45) is 0. The van der Waals surface area contributed by atoms with Gasteiger partial charge in [-0.1, -0.05) is 12.6 Å². The third kappa shape index (κ3) is 5.15. The van der Waals surface area contributed by atoms with Crippen LogP contribution in [0.15, 0.2) is 30.5 Å². The van der Waals surface area contributed by atoms with Crippen LogP contribution in [-0.4, -0.2) is 37.3 Å². The van der Waals surface area contributed by atoms with Crippen LogP contribution in [0.2, 0.25) is 0 Å². The lowest BCUT2D eigenvalue weighted by atomic mass is 9.88. The number of nitrogens with one attached hydrogen (secondary N) is 2. The van der Waals surface area contributed by atoms with Crippen molar-refractivity contribution in [3.05, 3.63) is 36.0 Å². The summed E-state index contributed by atoms with van der Waals surface area (Å²) in [5, 5.41) is 15.8. The Balaban J connectivity index is 2.37. The Morgan fingerprint density at radius 2 is 1.93 bits per heavy atom. The predicted octanol–water partition coefficient (Wildman–Crippen LogP) is 0.649. The van der Waals surface area contributed by atoms with E-state index < -0.39 is 42.1 Å². The van der Waals surface area contributed by atoms with Crippen molar-refractivity contribution in [2.24, 2.45) is 5.92 Å². The van der Waals surface area contributed by atoms with Crippen molar-refractivity contribution in [2.45, 2.75) is 32.4 Å². The monoisotopic (exact) mass is 391 g/mol. The number of carboxylic acids is 1. The summed E-state index contributed by atoms with van der Waals surface area (Å²) < 4.78 is 15.8. The van der Waals surface area contributed by atoms with E-state index in [1.54, 1.807) is 32.9 Å². The highest BCUT2D eigenvalue weighted by Gasteiger charge is 2.40. The minimum Gasteiger partial charge on any atom is -0.546 e. The molecule has 2 atom stereocenters. The number of amides is 2. The van der Waals surface area contributed by atoms with Gasteiger partial charge in [0.05, 0.1) is 19.1 Å². The number of hydrogen-bond donors (Lipinski definition) is 2. The third-order valence-electron chi connectivity index (χ3n) is 3.82. The summed E-state index contributed by atoms with van der Waals surface area (Å²) in [5.74, 6) is -2.38. The number of aliphatic carboxylic acids is 1. The fourth-order valence-corrected chi connectivity index (χ4v) is 2.74. The highest BCUT2D eigenvalue weighted by molar-refractivity contribution is 5.85. The number of carboxylic acid groups (broad SMARTS) is 1. The van der Waals surface area contributed by atoms with Crippen molar-refractivity contribution in [3.63, 3.8) is 0 Å². The van der Waals surface area contributed by atoms with Crippen LogP contribution in [0, 0.1) is 5.92 Å². The molecule has 1 saturated heterocycles. The second-order valence-electron chi connectivity index (χ2n) is 7.18. The molecule has 0 aromatic heterocycles. The van der Waals surface area contributed by atoms with E-state index in [1.807, 2.05) is 0 Å². The molecule has 2 rings (SSSR count). The van der Waals surface area contributed by atoms with Gasteiger partial charge in [-0.05, 0) is 38.5 Å². The Bertz CT molecular complexity index is 798. The molecule has 9 heteroatoms. The fraction of sp³-hybridized carbons (Fsp3) is 0.421. The van der Waals surface area contributed by atoms with E-state index in [0.29, 0.717) is 5.56 Å². The molecule has 152 valence electrons. The number of hydrogen-bond acceptors (Lipinski definition) is 7. The minimum absolute atomic E-state index is 0.184. The molecule has 0 bridgehead atoms. The first-order chi connectivity index (χ1) is 13.0. The number of methoxy groups -OCH3 is 1. The first kappa shape index (κ1) is 21.1. The van der Waals surface area contributed by atoms with Gasteiger partial charge in [-0.3, -0.25) is 4.79 Å². The van der Waals surface area contributed by atoms with Crippen LogP contribution in [0.4, 0.5) is 4.79 Å². The molecule has 1 aromatic carbocycles.